The largest absolute Gasteiger partial charge is 0.462 e. The molecule has 1 fully saturated rings. The predicted octanol–water partition coefficient (Wildman–Crippen LogP) is 3.37. The third kappa shape index (κ3) is 3.83. The Bertz CT molecular complexity index is 978. The van der Waals surface area contributed by atoms with Crippen LogP contribution in [0.3, 0.4) is 0 Å². The lowest BCUT2D eigenvalue weighted by molar-refractivity contribution is -0.110. The molecule has 0 unspecified atom stereocenters. The first kappa shape index (κ1) is 20.2. The number of fused-ring (bicyclic) bond motifs is 1. The first-order valence-corrected chi connectivity index (χ1v) is 10.5. The van der Waals surface area contributed by atoms with E-state index >= 15 is 0 Å². The molecule has 0 atom stereocenters. The smallest absolute Gasteiger partial charge is 0.338 e. The van der Waals surface area contributed by atoms with Crippen LogP contribution in [-0.2, 0) is 9.53 Å². The Morgan fingerprint density at radius 1 is 1.10 bits per heavy atom. The number of nitrogens with zero attached hydrogens (tertiary/aromatic N) is 1. The Balaban J connectivity index is 1.82. The number of ether oxygens (including phenoxy) is 1. The summed E-state index contributed by atoms with van der Waals surface area (Å²) in [5.74, 6) is -0.535. The van der Waals surface area contributed by atoms with Crippen molar-refractivity contribution in [3.8, 4) is 0 Å². The quantitative estimate of drug-likeness (QED) is 0.590. The van der Waals surface area contributed by atoms with Gasteiger partial charge in [0, 0.05) is 18.7 Å². The summed E-state index contributed by atoms with van der Waals surface area (Å²) in [6.45, 7) is 4.03. The van der Waals surface area contributed by atoms with Gasteiger partial charge in [0.25, 0.3) is 5.91 Å². The first-order chi connectivity index (χ1) is 14.6. The topological polar surface area (TPSA) is 70.7 Å². The maximum absolute atomic E-state index is 13.1. The fraction of sp³-hybridized carbons (Fsp3) is 0.333. The molecular weight excluding hydrogens is 378 g/mol. The van der Waals surface area contributed by atoms with Crippen LogP contribution in [0.1, 0.15) is 41.3 Å². The van der Waals surface area contributed by atoms with Crippen LogP contribution in [0.2, 0.25) is 0 Å². The number of piperidine rings is 1. The Morgan fingerprint density at radius 3 is 2.53 bits per heavy atom. The molecule has 30 heavy (non-hydrogen) atoms. The van der Waals surface area contributed by atoms with E-state index in [0.717, 1.165) is 42.8 Å². The molecule has 0 saturated carbocycles. The summed E-state index contributed by atoms with van der Waals surface area (Å²) in [6, 6.07) is 15.7. The molecule has 2 aromatic rings. The van der Waals surface area contributed by atoms with E-state index in [2.05, 4.69) is 22.6 Å². The normalized spacial score (nSPS) is 17.9. The average molecular weight is 405 g/mol. The van der Waals surface area contributed by atoms with E-state index in [1.54, 1.807) is 19.1 Å². The van der Waals surface area contributed by atoms with E-state index in [9.17, 15) is 9.59 Å². The number of esters is 1. The molecule has 2 N–H and O–H groups in total. The summed E-state index contributed by atoms with van der Waals surface area (Å²) in [5, 5.41) is 6.35. The van der Waals surface area contributed by atoms with Crippen LogP contribution in [0.5, 0.6) is 0 Å². The number of rotatable bonds is 5. The third-order valence-electron chi connectivity index (χ3n) is 5.77. The highest BCUT2D eigenvalue weighted by Gasteiger charge is 2.32. The highest BCUT2D eigenvalue weighted by atomic mass is 16.5. The number of anilines is 1. The minimum absolute atomic E-state index is 0.148. The molecular formula is C24H27N3O3. The molecule has 4 rings (SSSR count). The standard InChI is InChI=1S/C24H27N3O3/c1-3-30-24(29)17-9-10-19-20(15-17)26-23(28)21(19)22(16-7-5-4-6-8-16)27(2)18-11-13-25-14-12-18/h4-10,15,18,25H,3,11-14H2,1-2H3,(H,26,28). The second-order valence-electron chi connectivity index (χ2n) is 7.62. The second kappa shape index (κ2) is 8.71. The summed E-state index contributed by atoms with van der Waals surface area (Å²) < 4.78 is 5.10. The van der Waals surface area contributed by atoms with Gasteiger partial charge in [-0.05, 0) is 50.6 Å². The van der Waals surface area contributed by atoms with Crippen molar-refractivity contribution in [2.45, 2.75) is 25.8 Å². The van der Waals surface area contributed by atoms with Crippen LogP contribution in [0.25, 0.3) is 11.3 Å². The van der Waals surface area contributed by atoms with Gasteiger partial charge in [-0.1, -0.05) is 36.4 Å². The zero-order valence-corrected chi connectivity index (χ0v) is 17.4. The van der Waals surface area contributed by atoms with Crippen molar-refractivity contribution in [1.82, 2.24) is 10.2 Å². The van der Waals surface area contributed by atoms with Crippen molar-refractivity contribution >= 4 is 28.8 Å². The van der Waals surface area contributed by atoms with Crippen molar-refractivity contribution in [2.24, 2.45) is 0 Å². The predicted molar refractivity (Wildman–Crippen MR) is 118 cm³/mol. The van der Waals surface area contributed by atoms with Crippen LogP contribution in [0, 0.1) is 0 Å². The fourth-order valence-electron chi connectivity index (χ4n) is 4.25. The molecule has 0 spiro atoms. The van der Waals surface area contributed by atoms with E-state index in [0.29, 0.717) is 29.5 Å². The van der Waals surface area contributed by atoms with Crippen LogP contribution in [0.15, 0.2) is 48.5 Å². The number of benzene rings is 2. The molecule has 0 radical (unpaired) electrons. The highest BCUT2D eigenvalue weighted by Crippen LogP contribution is 2.39. The molecule has 2 aliphatic rings. The molecule has 2 heterocycles. The lowest BCUT2D eigenvalue weighted by Gasteiger charge is -2.36. The Kier molecular flexibility index (Phi) is 5.86. The second-order valence-corrected chi connectivity index (χ2v) is 7.62. The van der Waals surface area contributed by atoms with Crippen molar-refractivity contribution in [3.05, 3.63) is 65.2 Å². The third-order valence-corrected chi connectivity index (χ3v) is 5.77. The minimum Gasteiger partial charge on any atom is -0.462 e. The molecule has 6 nitrogen and oxygen atoms in total. The van der Waals surface area contributed by atoms with Crippen LogP contribution in [0.4, 0.5) is 5.69 Å². The van der Waals surface area contributed by atoms with E-state index in [1.807, 2.05) is 36.4 Å². The Hall–Kier alpha value is -3.12. The monoisotopic (exact) mass is 405 g/mol. The number of nitrogens with one attached hydrogen (secondary N) is 2. The number of carbonyl (C=O) groups excluding carboxylic acids is 2. The summed E-state index contributed by atoms with van der Waals surface area (Å²) in [7, 11) is 2.07. The van der Waals surface area contributed by atoms with E-state index in [4.69, 9.17) is 4.74 Å². The van der Waals surface area contributed by atoms with Crippen LogP contribution in [-0.4, -0.2) is 49.6 Å². The van der Waals surface area contributed by atoms with Crippen molar-refractivity contribution in [1.29, 1.82) is 0 Å². The van der Waals surface area contributed by atoms with Gasteiger partial charge < -0.3 is 20.3 Å². The lowest BCUT2D eigenvalue weighted by atomic mass is 9.96. The zero-order valence-electron chi connectivity index (χ0n) is 17.4. The molecule has 2 aliphatic heterocycles. The summed E-state index contributed by atoms with van der Waals surface area (Å²) in [6.07, 6.45) is 2.05. The van der Waals surface area contributed by atoms with E-state index in [-0.39, 0.29) is 11.9 Å². The van der Waals surface area contributed by atoms with Gasteiger partial charge in [-0.2, -0.15) is 0 Å². The SMILES string of the molecule is CCOC(=O)c1ccc2c(c1)NC(=O)C2=C(c1ccccc1)N(C)C1CCNCC1. The number of hydrogen-bond donors (Lipinski definition) is 2. The van der Waals surface area contributed by atoms with Crippen LogP contribution < -0.4 is 10.6 Å². The molecule has 0 aromatic heterocycles. The first-order valence-electron chi connectivity index (χ1n) is 10.5. The summed E-state index contributed by atoms with van der Waals surface area (Å²) >= 11 is 0. The molecule has 2 aromatic carbocycles. The molecule has 1 saturated heterocycles. The minimum atomic E-state index is -0.387. The van der Waals surface area contributed by atoms with Crippen molar-refractivity contribution in [2.75, 3.05) is 32.1 Å². The molecule has 1 amide bonds. The zero-order chi connectivity index (χ0) is 21.1. The van der Waals surface area contributed by atoms with Crippen molar-refractivity contribution in [3.63, 3.8) is 0 Å². The van der Waals surface area contributed by atoms with Crippen LogP contribution >= 0.6 is 0 Å². The number of amides is 1. The molecule has 0 bridgehead atoms. The highest BCUT2D eigenvalue weighted by molar-refractivity contribution is 6.36. The Labute approximate surface area is 176 Å². The molecule has 6 heteroatoms. The molecule has 0 aliphatic carbocycles. The molecule has 156 valence electrons. The van der Waals surface area contributed by atoms with Gasteiger partial charge in [0.15, 0.2) is 0 Å². The Morgan fingerprint density at radius 2 is 1.83 bits per heavy atom. The van der Waals surface area contributed by atoms with E-state index in [1.165, 1.54) is 0 Å². The van der Waals surface area contributed by atoms with E-state index < -0.39 is 0 Å². The average Bonchev–Trinajstić information content (AvgIpc) is 3.10. The van der Waals surface area contributed by atoms with Gasteiger partial charge in [0.2, 0.25) is 0 Å². The maximum atomic E-state index is 13.1. The van der Waals surface area contributed by atoms with Crippen molar-refractivity contribution < 1.29 is 14.3 Å². The van der Waals surface area contributed by atoms with Gasteiger partial charge >= 0.3 is 5.97 Å². The number of hydrogen-bond acceptors (Lipinski definition) is 5. The van der Waals surface area contributed by atoms with Gasteiger partial charge in [-0.15, -0.1) is 0 Å². The lowest BCUT2D eigenvalue weighted by Crippen LogP contribution is -2.40. The van der Waals surface area contributed by atoms with Gasteiger partial charge in [0.1, 0.15) is 0 Å². The van der Waals surface area contributed by atoms with Gasteiger partial charge in [0.05, 0.1) is 29.1 Å². The summed E-state index contributed by atoms with van der Waals surface area (Å²) in [5.41, 5.74) is 4.46. The van der Waals surface area contributed by atoms with Gasteiger partial charge in [-0.25, -0.2) is 4.79 Å². The summed E-state index contributed by atoms with van der Waals surface area (Å²) in [4.78, 5) is 27.5. The van der Waals surface area contributed by atoms with Gasteiger partial charge in [-0.3, -0.25) is 4.79 Å². The number of carbonyl (C=O) groups is 2. The maximum Gasteiger partial charge on any atom is 0.338 e. The fourth-order valence-corrected chi connectivity index (χ4v) is 4.25.